The van der Waals surface area contributed by atoms with Gasteiger partial charge in [-0.2, -0.15) is 0 Å². The smallest absolute Gasteiger partial charge is 0.237 e. The molecule has 17 heavy (non-hydrogen) atoms. The number of carbonyl (C=O) groups excluding carboxylic acids is 1. The van der Waals surface area contributed by atoms with Crippen LogP contribution in [0.1, 0.15) is 20.3 Å². The van der Waals surface area contributed by atoms with Gasteiger partial charge in [-0.1, -0.05) is 6.92 Å². The van der Waals surface area contributed by atoms with E-state index in [1.807, 2.05) is 6.92 Å². The molecule has 0 aliphatic carbocycles. The third-order valence-corrected chi connectivity index (χ3v) is 3.54. The largest absolute Gasteiger partial charge is 0.383 e. The van der Waals surface area contributed by atoms with E-state index in [1.165, 1.54) is 0 Å². The van der Waals surface area contributed by atoms with Gasteiger partial charge in [0.05, 0.1) is 12.6 Å². The van der Waals surface area contributed by atoms with E-state index in [9.17, 15) is 4.79 Å². The number of carbonyl (C=O) groups is 1. The first kappa shape index (κ1) is 14.4. The minimum atomic E-state index is -0.0817. The van der Waals surface area contributed by atoms with Gasteiger partial charge in [0, 0.05) is 32.8 Å². The van der Waals surface area contributed by atoms with Crippen molar-refractivity contribution < 1.29 is 9.53 Å². The zero-order chi connectivity index (χ0) is 12.8. The Hall–Kier alpha value is -0.650. The molecule has 5 heteroatoms. The van der Waals surface area contributed by atoms with Gasteiger partial charge in [-0.15, -0.1) is 0 Å². The molecule has 0 spiro atoms. The lowest BCUT2D eigenvalue weighted by atomic mass is 9.94. The summed E-state index contributed by atoms with van der Waals surface area (Å²) in [6.45, 7) is 7.03. The van der Waals surface area contributed by atoms with Crippen molar-refractivity contribution >= 4 is 5.91 Å². The summed E-state index contributed by atoms with van der Waals surface area (Å²) in [4.78, 5) is 14.1. The Kier molecular flexibility index (Phi) is 5.88. The number of piperidine rings is 1. The summed E-state index contributed by atoms with van der Waals surface area (Å²) in [5.74, 6) is 0.530. The maximum Gasteiger partial charge on any atom is 0.237 e. The van der Waals surface area contributed by atoms with E-state index in [1.54, 1.807) is 7.11 Å². The molecule has 1 heterocycles. The van der Waals surface area contributed by atoms with Crippen LogP contribution in [-0.2, 0) is 9.53 Å². The van der Waals surface area contributed by atoms with Crippen molar-refractivity contribution in [2.24, 2.45) is 11.7 Å². The summed E-state index contributed by atoms with van der Waals surface area (Å²) < 4.78 is 4.90. The Balaban J connectivity index is 2.36. The van der Waals surface area contributed by atoms with Gasteiger partial charge in [-0.05, 0) is 19.3 Å². The van der Waals surface area contributed by atoms with E-state index in [4.69, 9.17) is 10.5 Å². The Morgan fingerprint density at radius 1 is 1.65 bits per heavy atom. The van der Waals surface area contributed by atoms with E-state index in [2.05, 4.69) is 17.1 Å². The lowest BCUT2D eigenvalue weighted by molar-refractivity contribution is -0.126. The topological polar surface area (TPSA) is 67.6 Å². The fourth-order valence-corrected chi connectivity index (χ4v) is 2.14. The molecule has 1 aliphatic heterocycles. The average molecular weight is 243 g/mol. The zero-order valence-electron chi connectivity index (χ0n) is 11.1. The van der Waals surface area contributed by atoms with Crippen LogP contribution in [0.25, 0.3) is 0 Å². The van der Waals surface area contributed by atoms with Crippen LogP contribution in [0.4, 0.5) is 0 Å². The van der Waals surface area contributed by atoms with Crippen LogP contribution in [-0.4, -0.2) is 56.2 Å². The lowest BCUT2D eigenvalue weighted by Crippen LogP contribution is -2.53. The molecule has 0 aromatic rings. The monoisotopic (exact) mass is 243 g/mol. The van der Waals surface area contributed by atoms with Crippen LogP contribution in [0.5, 0.6) is 0 Å². The van der Waals surface area contributed by atoms with Gasteiger partial charge in [0.15, 0.2) is 0 Å². The maximum absolute atomic E-state index is 11.9. The van der Waals surface area contributed by atoms with Crippen molar-refractivity contribution in [1.82, 2.24) is 10.2 Å². The number of amides is 1. The second-order valence-electron chi connectivity index (χ2n) is 4.88. The van der Waals surface area contributed by atoms with Crippen molar-refractivity contribution in [3.8, 4) is 0 Å². The first-order valence-corrected chi connectivity index (χ1v) is 6.32. The molecule has 1 amide bonds. The first-order valence-electron chi connectivity index (χ1n) is 6.32. The molecule has 3 N–H and O–H groups in total. The number of methoxy groups -OCH3 is 1. The van der Waals surface area contributed by atoms with Crippen molar-refractivity contribution in [3.05, 3.63) is 0 Å². The second-order valence-corrected chi connectivity index (χ2v) is 4.88. The normalized spacial score (nSPS) is 27.8. The molecular formula is C12H25N3O2. The number of hydrogen-bond acceptors (Lipinski definition) is 4. The van der Waals surface area contributed by atoms with Crippen molar-refractivity contribution in [2.45, 2.75) is 32.4 Å². The van der Waals surface area contributed by atoms with Crippen LogP contribution in [0.2, 0.25) is 0 Å². The van der Waals surface area contributed by atoms with Gasteiger partial charge in [0.2, 0.25) is 5.91 Å². The number of rotatable bonds is 5. The van der Waals surface area contributed by atoms with Gasteiger partial charge in [-0.3, -0.25) is 9.69 Å². The molecule has 1 fully saturated rings. The highest BCUT2D eigenvalue weighted by Gasteiger charge is 2.28. The quantitative estimate of drug-likeness (QED) is 0.657. The Labute approximate surface area is 104 Å². The van der Waals surface area contributed by atoms with E-state index in [0.29, 0.717) is 19.1 Å². The molecule has 1 aliphatic rings. The highest BCUT2D eigenvalue weighted by molar-refractivity contribution is 5.81. The lowest BCUT2D eigenvalue weighted by Gasteiger charge is -2.38. The first-order chi connectivity index (χ1) is 8.06. The average Bonchev–Trinajstić information content (AvgIpc) is 2.32. The highest BCUT2D eigenvalue weighted by Crippen LogP contribution is 2.17. The number of ether oxygens (including phenoxy) is 1. The Morgan fingerprint density at radius 2 is 2.35 bits per heavy atom. The van der Waals surface area contributed by atoms with Crippen LogP contribution in [0, 0.1) is 5.92 Å². The second kappa shape index (κ2) is 6.93. The fraction of sp³-hybridized carbons (Fsp3) is 0.917. The molecule has 100 valence electrons. The van der Waals surface area contributed by atoms with E-state index in [0.717, 1.165) is 19.5 Å². The minimum absolute atomic E-state index is 0.0738. The third-order valence-electron chi connectivity index (χ3n) is 3.54. The van der Waals surface area contributed by atoms with Crippen molar-refractivity contribution in [2.75, 3.05) is 33.4 Å². The molecule has 3 atom stereocenters. The van der Waals surface area contributed by atoms with E-state index >= 15 is 0 Å². The molecule has 1 rings (SSSR count). The SMILES string of the molecule is COCCNC(=O)C(C)N1CCC(N)C(C)C1. The molecule has 0 aromatic heterocycles. The summed E-state index contributed by atoms with van der Waals surface area (Å²) in [7, 11) is 1.63. The van der Waals surface area contributed by atoms with Gasteiger partial charge in [0.1, 0.15) is 0 Å². The summed E-state index contributed by atoms with van der Waals surface area (Å²) in [5.41, 5.74) is 5.97. The molecular weight excluding hydrogens is 218 g/mol. The van der Waals surface area contributed by atoms with Crippen LogP contribution in [0.3, 0.4) is 0 Å². The number of hydrogen-bond donors (Lipinski definition) is 2. The third kappa shape index (κ3) is 4.26. The predicted molar refractivity (Wildman–Crippen MR) is 67.7 cm³/mol. The molecule has 0 saturated carbocycles. The number of nitrogens with zero attached hydrogens (tertiary/aromatic N) is 1. The maximum atomic E-state index is 11.9. The van der Waals surface area contributed by atoms with Gasteiger partial charge < -0.3 is 15.8 Å². The molecule has 0 radical (unpaired) electrons. The molecule has 0 aromatic carbocycles. The standard InChI is InChI=1S/C12H25N3O2/c1-9-8-15(6-4-11(9)13)10(2)12(16)14-5-7-17-3/h9-11H,4-8,13H2,1-3H3,(H,14,16). The van der Waals surface area contributed by atoms with Crippen molar-refractivity contribution in [1.29, 1.82) is 0 Å². The Bertz CT molecular complexity index is 248. The molecule has 3 unspecified atom stereocenters. The number of nitrogens with one attached hydrogen (secondary N) is 1. The number of nitrogens with two attached hydrogens (primary N) is 1. The summed E-state index contributed by atoms with van der Waals surface area (Å²) >= 11 is 0. The molecule has 1 saturated heterocycles. The fourth-order valence-electron chi connectivity index (χ4n) is 2.14. The van der Waals surface area contributed by atoms with Crippen LogP contribution >= 0.6 is 0 Å². The van der Waals surface area contributed by atoms with Crippen LogP contribution < -0.4 is 11.1 Å². The minimum Gasteiger partial charge on any atom is -0.383 e. The summed E-state index contributed by atoms with van der Waals surface area (Å²) in [6.07, 6.45) is 0.969. The summed E-state index contributed by atoms with van der Waals surface area (Å²) in [6, 6.07) is 0.191. The van der Waals surface area contributed by atoms with Crippen LogP contribution in [0.15, 0.2) is 0 Å². The zero-order valence-corrected chi connectivity index (χ0v) is 11.1. The predicted octanol–water partition coefficient (Wildman–Crippen LogP) is -0.193. The Morgan fingerprint density at radius 3 is 2.94 bits per heavy atom. The molecule has 5 nitrogen and oxygen atoms in total. The van der Waals surface area contributed by atoms with Crippen molar-refractivity contribution in [3.63, 3.8) is 0 Å². The van der Waals surface area contributed by atoms with Gasteiger partial charge >= 0.3 is 0 Å². The van der Waals surface area contributed by atoms with Gasteiger partial charge in [-0.25, -0.2) is 0 Å². The van der Waals surface area contributed by atoms with E-state index < -0.39 is 0 Å². The summed E-state index contributed by atoms with van der Waals surface area (Å²) in [5, 5.41) is 2.87. The molecule has 0 bridgehead atoms. The highest BCUT2D eigenvalue weighted by atomic mass is 16.5. The van der Waals surface area contributed by atoms with E-state index in [-0.39, 0.29) is 18.0 Å². The number of likely N-dealkylation sites (tertiary alicyclic amines) is 1. The van der Waals surface area contributed by atoms with Gasteiger partial charge in [0.25, 0.3) is 0 Å².